The van der Waals surface area contributed by atoms with Gasteiger partial charge in [0.1, 0.15) is 11.4 Å². The summed E-state index contributed by atoms with van der Waals surface area (Å²) < 4.78 is 32.1. The maximum atomic E-state index is 14.1. The van der Waals surface area contributed by atoms with Crippen molar-refractivity contribution < 1.29 is 23.1 Å². The summed E-state index contributed by atoms with van der Waals surface area (Å²) in [5.41, 5.74) is -0.389. The van der Waals surface area contributed by atoms with Crippen molar-refractivity contribution in [2.24, 2.45) is 5.92 Å². The number of carbonyl (C=O) groups excluding carboxylic acids is 2. The number of ketones is 1. The molecule has 0 aliphatic carbocycles. The fourth-order valence-corrected chi connectivity index (χ4v) is 2.13. The summed E-state index contributed by atoms with van der Waals surface area (Å²) in [7, 11) is 0. The largest absolute Gasteiger partial charge is 0.460 e. The minimum absolute atomic E-state index is 0.0268. The van der Waals surface area contributed by atoms with E-state index in [-0.39, 0.29) is 30.3 Å². The van der Waals surface area contributed by atoms with Gasteiger partial charge in [-0.05, 0) is 63.8 Å². The van der Waals surface area contributed by atoms with Gasteiger partial charge in [0.15, 0.2) is 12.0 Å². The maximum Gasteiger partial charge on any atom is 0.306 e. The second-order valence-corrected chi connectivity index (χ2v) is 6.80. The molecule has 1 aromatic rings. The highest BCUT2D eigenvalue weighted by Gasteiger charge is 2.23. The molecule has 0 saturated heterocycles. The van der Waals surface area contributed by atoms with E-state index in [0.29, 0.717) is 6.42 Å². The average molecular weight is 326 g/mol. The van der Waals surface area contributed by atoms with E-state index in [2.05, 4.69) is 0 Å². The Bertz CT molecular complexity index is 532. The smallest absolute Gasteiger partial charge is 0.306 e. The van der Waals surface area contributed by atoms with Gasteiger partial charge in [0, 0.05) is 12.0 Å². The van der Waals surface area contributed by atoms with Crippen LogP contribution in [-0.4, -0.2) is 23.5 Å². The predicted octanol–water partition coefficient (Wildman–Crippen LogP) is 4.49. The number of halogens is 2. The second-order valence-electron chi connectivity index (χ2n) is 6.80. The minimum atomic E-state index is -1.66. The lowest BCUT2D eigenvalue weighted by molar-refractivity contribution is -0.155. The van der Waals surface area contributed by atoms with Gasteiger partial charge in [0.25, 0.3) is 0 Å². The van der Waals surface area contributed by atoms with Crippen molar-refractivity contribution in [1.29, 1.82) is 0 Å². The van der Waals surface area contributed by atoms with E-state index in [0.717, 1.165) is 12.1 Å². The monoisotopic (exact) mass is 326 g/mol. The summed E-state index contributed by atoms with van der Waals surface area (Å²) in [4.78, 5) is 23.5. The predicted molar refractivity (Wildman–Crippen MR) is 84.5 cm³/mol. The average Bonchev–Trinajstić information content (AvgIpc) is 2.43. The Hall–Kier alpha value is -1.78. The van der Waals surface area contributed by atoms with Crippen LogP contribution in [0.3, 0.4) is 0 Å². The molecule has 23 heavy (non-hydrogen) atoms. The third-order valence-corrected chi connectivity index (χ3v) is 3.28. The van der Waals surface area contributed by atoms with Crippen molar-refractivity contribution in [3.63, 3.8) is 0 Å². The van der Waals surface area contributed by atoms with E-state index in [1.807, 2.05) is 0 Å². The number of hydrogen-bond acceptors (Lipinski definition) is 3. The Labute approximate surface area is 136 Å². The van der Waals surface area contributed by atoms with Crippen LogP contribution in [0.25, 0.3) is 0 Å². The van der Waals surface area contributed by atoms with Gasteiger partial charge >= 0.3 is 5.97 Å². The number of alkyl halides is 1. The summed E-state index contributed by atoms with van der Waals surface area (Å²) in [6.45, 7) is 7.14. The van der Waals surface area contributed by atoms with E-state index in [1.54, 1.807) is 27.7 Å². The van der Waals surface area contributed by atoms with Crippen LogP contribution in [0.1, 0.15) is 57.3 Å². The van der Waals surface area contributed by atoms with Crippen LogP contribution < -0.4 is 0 Å². The molecule has 2 unspecified atom stereocenters. The number of Topliss-reactive ketones (excluding diaryl/α,β-unsaturated/α-hetero) is 1. The molecule has 0 radical (unpaired) electrons. The van der Waals surface area contributed by atoms with Crippen LogP contribution >= 0.6 is 0 Å². The van der Waals surface area contributed by atoms with Gasteiger partial charge in [-0.1, -0.05) is 6.92 Å². The van der Waals surface area contributed by atoms with Crippen LogP contribution in [0, 0.1) is 11.7 Å². The highest BCUT2D eigenvalue weighted by molar-refractivity contribution is 5.99. The van der Waals surface area contributed by atoms with Crippen molar-refractivity contribution in [2.75, 3.05) is 0 Å². The standard InChI is InChI=1S/C18H24F2O3/c1-12(5-10-16(21)23-18(2,3)4)11-15(20)17(22)13-6-8-14(19)9-7-13/h6-9,12,15H,5,10-11H2,1-4H3. The molecule has 0 aliphatic rings. The molecule has 0 heterocycles. The summed E-state index contributed by atoms with van der Waals surface area (Å²) in [6.07, 6.45) is -0.991. The van der Waals surface area contributed by atoms with Crippen LogP contribution in [0.5, 0.6) is 0 Å². The Morgan fingerprint density at radius 3 is 2.26 bits per heavy atom. The fraction of sp³-hybridized carbons (Fsp3) is 0.556. The lowest BCUT2D eigenvalue weighted by Crippen LogP contribution is -2.24. The fourth-order valence-electron chi connectivity index (χ4n) is 2.13. The molecule has 0 spiro atoms. The van der Waals surface area contributed by atoms with Crippen molar-refractivity contribution in [2.45, 2.75) is 58.7 Å². The molecular weight excluding hydrogens is 302 g/mol. The number of esters is 1. The molecular formula is C18H24F2O3. The van der Waals surface area contributed by atoms with E-state index in [1.165, 1.54) is 12.1 Å². The normalized spacial score (nSPS) is 14.2. The van der Waals surface area contributed by atoms with E-state index < -0.39 is 23.4 Å². The zero-order valence-corrected chi connectivity index (χ0v) is 14.1. The van der Waals surface area contributed by atoms with Crippen LogP contribution in [0.15, 0.2) is 24.3 Å². The SMILES string of the molecule is CC(CCC(=O)OC(C)(C)C)CC(F)C(=O)c1ccc(F)cc1. The van der Waals surface area contributed by atoms with E-state index >= 15 is 0 Å². The Morgan fingerprint density at radius 2 is 1.74 bits per heavy atom. The first-order valence-corrected chi connectivity index (χ1v) is 7.74. The number of benzene rings is 1. The molecule has 1 rings (SSSR count). The molecule has 0 saturated carbocycles. The van der Waals surface area contributed by atoms with Gasteiger partial charge < -0.3 is 4.74 Å². The second kappa shape index (κ2) is 8.18. The molecule has 2 atom stereocenters. The topological polar surface area (TPSA) is 43.4 Å². The zero-order chi connectivity index (χ0) is 17.6. The molecule has 0 aliphatic heterocycles. The molecule has 0 aromatic heterocycles. The third kappa shape index (κ3) is 7.35. The van der Waals surface area contributed by atoms with Crippen molar-refractivity contribution in [3.8, 4) is 0 Å². The molecule has 0 N–H and O–H groups in total. The molecule has 0 fully saturated rings. The van der Waals surface area contributed by atoms with Crippen molar-refractivity contribution in [3.05, 3.63) is 35.6 Å². The van der Waals surface area contributed by atoms with Gasteiger partial charge in [-0.2, -0.15) is 0 Å². The zero-order valence-electron chi connectivity index (χ0n) is 14.1. The number of ether oxygens (including phenoxy) is 1. The Balaban J connectivity index is 2.44. The van der Waals surface area contributed by atoms with Gasteiger partial charge in [-0.15, -0.1) is 0 Å². The minimum Gasteiger partial charge on any atom is -0.460 e. The first-order valence-electron chi connectivity index (χ1n) is 7.74. The summed E-state index contributed by atoms with van der Waals surface area (Å²) >= 11 is 0. The van der Waals surface area contributed by atoms with Gasteiger partial charge in [0.05, 0.1) is 0 Å². The quantitative estimate of drug-likeness (QED) is 0.547. The summed E-state index contributed by atoms with van der Waals surface area (Å²) in [6, 6.07) is 4.81. The third-order valence-electron chi connectivity index (χ3n) is 3.28. The lowest BCUT2D eigenvalue weighted by Gasteiger charge is -2.20. The summed E-state index contributed by atoms with van der Waals surface area (Å²) in [5, 5.41) is 0. The molecule has 0 bridgehead atoms. The molecule has 3 nitrogen and oxygen atoms in total. The van der Waals surface area contributed by atoms with Crippen molar-refractivity contribution in [1.82, 2.24) is 0 Å². The van der Waals surface area contributed by atoms with Crippen LogP contribution in [-0.2, 0) is 9.53 Å². The Kier molecular flexibility index (Phi) is 6.85. The van der Waals surface area contributed by atoms with Gasteiger partial charge in [-0.25, -0.2) is 8.78 Å². The van der Waals surface area contributed by atoms with E-state index in [9.17, 15) is 18.4 Å². The first-order chi connectivity index (χ1) is 10.6. The molecule has 5 heteroatoms. The van der Waals surface area contributed by atoms with Gasteiger partial charge in [0.2, 0.25) is 0 Å². The van der Waals surface area contributed by atoms with Crippen molar-refractivity contribution >= 4 is 11.8 Å². The first kappa shape index (κ1) is 19.3. The molecule has 0 amide bonds. The molecule has 1 aromatic carbocycles. The number of hydrogen-bond donors (Lipinski definition) is 0. The van der Waals surface area contributed by atoms with Crippen LogP contribution in [0.4, 0.5) is 8.78 Å². The van der Waals surface area contributed by atoms with Gasteiger partial charge in [-0.3, -0.25) is 9.59 Å². The van der Waals surface area contributed by atoms with Crippen LogP contribution in [0.2, 0.25) is 0 Å². The Morgan fingerprint density at radius 1 is 1.17 bits per heavy atom. The highest BCUT2D eigenvalue weighted by Crippen LogP contribution is 2.20. The summed E-state index contributed by atoms with van der Waals surface area (Å²) in [5.74, 6) is -1.59. The number of rotatable bonds is 7. The number of carbonyl (C=O) groups is 2. The maximum absolute atomic E-state index is 14.1. The van der Waals surface area contributed by atoms with E-state index in [4.69, 9.17) is 4.74 Å². The lowest BCUT2D eigenvalue weighted by atomic mass is 9.95. The highest BCUT2D eigenvalue weighted by atomic mass is 19.1. The molecule has 128 valence electrons.